The van der Waals surface area contributed by atoms with Gasteiger partial charge in [0.2, 0.25) is 0 Å². The summed E-state index contributed by atoms with van der Waals surface area (Å²) in [5.41, 5.74) is 29.3. The molecular formula is C110H70O2. The van der Waals surface area contributed by atoms with Crippen molar-refractivity contribution in [1.29, 1.82) is 0 Å². The third-order valence-electron chi connectivity index (χ3n) is 25.9. The lowest BCUT2D eigenvalue weighted by Crippen LogP contribution is -2.24. The maximum atomic E-state index is 7.26. The molecule has 0 spiro atoms. The van der Waals surface area contributed by atoms with Crippen LogP contribution in [0, 0.1) is 0 Å². The van der Waals surface area contributed by atoms with Crippen LogP contribution in [0.25, 0.3) is 219 Å². The number of hydrogen-bond acceptors (Lipinski definition) is 2. The molecule has 0 fully saturated rings. The highest BCUT2D eigenvalue weighted by molar-refractivity contribution is 6.27. The zero-order valence-corrected chi connectivity index (χ0v) is 62.1. The van der Waals surface area contributed by atoms with Crippen LogP contribution >= 0.6 is 0 Å². The van der Waals surface area contributed by atoms with Crippen molar-refractivity contribution in [3.63, 3.8) is 0 Å². The molecule has 2 heteroatoms. The number of fused-ring (bicyclic) bond motifs is 25. The van der Waals surface area contributed by atoms with Gasteiger partial charge in [0.15, 0.2) is 0 Å². The molecule has 2 aliphatic carbocycles. The van der Waals surface area contributed by atoms with E-state index < -0.39 is 5.41 Å². The molecule has 2 nitrogen and oxygen atoms in total. The molecule has 2 aliphatic rings. The fraction of sp³-hybridized carbons (Fsp3) is 0.0545. The van der Waals surface area contributed by atoms with Crippen LogP contribution in [0.15, 0.2) is 367 Å². The molecule has 0 aliphatic heterocycles. The van der Waals surface area contributed by atoms with Crippen LogP contribution < -0.4 is 0 Å². The summed E-state index contributed by atoms with van der Waals surface area (Å²) < 4.78 is 14.1. The second kappa shape index (κ2) is 23.5. The number of para-hydroxylation sites is 2. The summed E-state index contributed by atoms with van der Waals surface area (Å²) in [6, 6.07) is 134. The Balaban J connectivity index is 0.639. The van der Waals surface area contributed by atoms with Gasteiger partial charge in [0.05, 0.1) is 0 Å². The van der Waals surface area contributed by atoms with E-state index in [9.17, 15) is 0 Å². The Hall–Kier alpha value is -13.9. The van der Waals surface area contributed by atoms with Crippen LogP contribution in [0.4, 0.5) is 0 Å². The second-order valence-corrected chi connectivity index (χ2v) is 32.1. The van der Waals surface area contributed by atoms with E-state index in [1.54, 1.807) is 0 Å². The van der Waals surface area contributed by atoms with Crippen molar-refractivity contribution in [3.8, 4) is 89.0 Å². The monoisotopic (exact) mass is 1420 g/mol. The van der Waals surface area contributed by atoms with Crippen LogP contribution in [0.1, 0.15) is 48.6 Å². The van der Waals surface area contributed by atoms with Gasteiger partial charge >= 0.3 is 0 Å². The van der Waals surface area contributed by atoms with E-state index in [1.165, 1.54) is 198 Å². The molecule has 0 N–H and O–H groups in total. The average molecular weight is 1420 g/mol. The molecule has 20 aromatic carbocycles. The molecule has 1 atom stereocenters. The van der Waals surface area contributed by atoms with E-state index in [0.29, 0.717) is 0 Å². The minimum absolute atomic E-state index is 0.336. The van der Waals surface area contributed by atoms with E-state index >= 15 is 0 Å². The van der Waals surface area contributed by atoms with Gasteiger partial charge in [0, 0.05) is 43.1 Å². The molecule has 0 bridgehead atoms. The predicted molar refractivity (Wildman–Crippen MR) is 473 cm³/mol. The molecule has 0 radical (unpaired) electrons. The second-order valence-electron chi connectivity index (χ2n) is 32.1. The first-order valence-electron chi connectivity index (χ1n) is 39.3. The lowest BCUT2D eigenvalue weighted by molar-refractivity contribution is 0.584. The van der Waals surface area contributed by atoms with Gasteiger partial charge in [-0.25, -0.2) is 0 Å². The normalized spacial score (nSPS) is 14.3. The van der Waals surface area contributed by atoms with Gasteiger partial charge in [0.1, 0.15) is 22.3 Å². The molecule has 522 valence electrons. The van der Waals surface area contributed by atoms with E-state index in [4.69, 9.17) is 8.83 Å². The van der Waals surface area contributed by atoms with Crippen molar-refractivity contribution in [3.05, 3.63) is 386 Å². The average Bonchev–Trinajstić information content (AvgIpc) is 1.49. The van der Waals surface area contributed by atoms with Crippen LogP contribution in [0.3, 0.4) is 0 Å². The summed E-state index contributed by atoms with van der Waals surface area (Å²) in [5.74, 6) is 0. The first-order valence-corrected chi connectivity index (χ1v) is 39.3. The molecule has 22 aromatic rings. The minimum Gasteiger partial charge on any atom is -0.455 e. The lowest BCUT2D eigenvalue weighted by atomic mass is 9.74. The molecule has 0 saturated heterocycles. The maximum absolute atomic E-state index is 7.26. The molecule has 0 amide bonds. The van der Waals surface area contributed by atoms with Gasteiger partial charge in [-0.05, 0) is 235 Å². The molecule has 24 rings (SSSR count). The topological polar surface area (TPSA) is 26.3 Å². The number of hydrogen-bond donors (Lipinski definition) is 0. The van der Waals surface area contributed by atoms with E-state index in [1.807, 2.05) is 0 Å². The van der Waals surface area contributed by atoms with E-state index in [-0.39, 0.29) is 5.41 Å². The number of furan rings is 2. The van der Waals surface area contributed by atoms with Crippen LogP contribution in [0.5, 0.6) is 0 Å². The number of benzene rings is 20. The molecule has 2 heterocycles. The van der Waals surface area contributed by atoms with Crippen LogP contribution in [-0.2, 0) is 17.3 Å². The van der Waals surface area contributed by atoms with Gasteiger partial charge in [-0.2, -0.15) is 0 Å². The fourth-order valence-electron chi connectivity index (χ4n) is 20.9. The van der Waals surface area contributed by atoms with Crippen molar-refractivity contribution in [2.24, 2.45) is 0 Å². The quantitative estimate of drug-likeness (QED) is 0.142. The predicted octanol–water partition coefficient (Wildman–Crippen LogP) is 30.5. The Morgan fingerprint density at radius 2 is 0.616 bits per heavy atom. The zero-order valence-electron chi connectivity index (χ0n) is 62.1. The van der Waals surface area contributed by atoms with Crippen LogP contribution in [0.2, 0.25) is 0 Å². The Morgan fingerprint density at radius 3 is 1.19 bits per heavy atom. The first-order chi connectivity index (χ1) is 55.2. The third-order valence-corrected chi connectivity index (χ3v) is 25.9. The van der Waals surface area contributed by atoms with Crippen molar-refractivity contribution >= 4 is 130 Å². The highest BCUT2D eigenvalue weighted by Crippen LogP contribution is 2.60. The maximum Gasteiger partial charge on any atom is 0.143 e. The van der Waals surface area contributed by atoms with E-state index in [0.717, 1.165) is 55.7 Å². The summed E-state index contributed by atoms with van der Waals surface area (Å²) in [4.78, 5) is 0. The van der Waals surface area contributed by atoms with Gasteiger partial charge in [0.25, 0.3) is 0 Å². The fourth-order valence-corrected chi connectivity index (χ4v) is 20.9. The van der Waals surface area contributed by atoms with E-state index in [2.05, 4.69) is 379 Å². The smallest absolute Gasteiger partial charge is 0.143 e. The largest absolute Gasteiger partial charge is 0.455 e. The summed E-state index contributed by atoms with van der Waals surface area (Å²) >= 11 is 0. The van der Waals surface area contributed by atoms with Gasteiger partial charge < -0.3 is 8.83 Å². The Bertz CT molecular complexity index is 7750. The molecular weight excluding hydrogens is 1350 g/mol. The Morgan fingerprint density at radius 1 is 0.223 bits per heavy atom. The van der Waals surface area contributed by atoms with Crippen molar-refractivity contribution < 1.29 is 8.83 Å². The Kier molecular flexibility index (Phi) is 13.3. The Labute approximate surface area is 647 Å². The van der Waals surface area contributed by atoms with Crippen molar-refractivity contribution in [2.45, 2.75) is 38.0 Å². The highest BCUT2D eigenvalue weighted by Gasteiger charge is 2.43. The third kappa shape index (κ3) is 8.92. The van der Waals surface area contributed by atoms with Gasteiger partial charge in [-0.3, -0.25) is 0 Å². The molecule has 1 unspecified atom stereocenters. The minimum atomic E-state index is -0.459. The number of rotatable bonds is 8. The van der Waals surface area contributed by atoms with Crippen molar-refractivity contribution in [2.75, 3.05) is 0 Å². The molecule has 112 heavy (non-hydrogen) atoms. The highest BCUT2D eigenvalue weighted by atomic mass is 16.3. The molecule has 2 aromatic heterocycles. The lowest BCUT2D eigenvalue weighted by Gasteiger charge is -2.29. The standard InChI is InChI=1S/C110H70O2/c1-109(2)94-58-52-71(65-43-47-69(48-44-65)99-78-29-8-12-33-82(78)101(83-34-13-9-30-79(83)99)76-38-20-24-67-22-4-6-26-73(67)76)61-93(94)104-87-53-42-64(60-92(87)108-105(106(104)109)91-37-17-19-41-98(91)112-108)63-110(3)95-59-57-89-86(55-56-88-75-28-16-18-40-97(75)111-107(88)89)103(95)90-54-51-72(62-96(90)110)66-45-49-70(50-46-66)100-80-31-10-14-35-84(80)102(85-36-15-11-32-81(85)100)77-39-21-25-68-23-5-7-27-74(68)77/h4-62H,63H2,1-3H3. The summed E-state index contributed by atoms with van der Waals surface area (Å²) in [7, 11) is 0. The molecule has 0 saturated carbocycles. The van der Waals surface area contributed by atoms with Crippen molar-refractivity contribution in [1.82, 2.24) is 0 Å². The summed E-state index contributed by atoms with van der Waals surface area (Å²) in [6.07, 6.45) is 0.750. The first kappa shape index (κ1) is 63.1. The van der Waals surface area contributed by atoms with Gasteiger partial charge in [-0.1, -0.05) is 342 Å². The zero-order chi connectivity index (χ0) is 73.8. The van der Waals surface area contributed by atoms with Gasteiger partial charge in [-0.15, -0.1) is 0 Å². The van der Waals surface area contributed by atoms with Crippen LogP contribution in [-0.4, -0.2) is 0 Å². The SMILES string of the molecule is CC1(C)c2ccc(-c3ccc(-c4c5ccccc5c(-c5cccc6ccccc56)c5ccccc45)cc3)cc2-c2c1c1c3ccccc3oc1c1cc(CC3(C)c4cc(-c5ccc(-c6c7ccccc7c(-c7cccc8ccccc78)c7ccccc67)cc5)ccc4-c4c3ccc3c4ccc4c5ccccc5oc34)ccc21. The summed E-state index contributed by atoms with van der Waals surface area (Å²) in [6.45, 7) is 7.34. The summed E-state index contributed by atoms with van der Waals surface area (Å²) in [5, 5.41) is 24.3.